The van der Waals surface area contributed by atoms with Crippen molar-refractivity contribution >= 4 is 17.4 Å². The topological polar surface area (TPSA) is 51.4 Å². The summed E-state index contributed by atoms with van der Waals surface area (Å²) in [6.45, 7) is 6.50. The summed E-state index contributed by atoms with van der Waals surface area (Å²) in [7, 11) is 1.70. The molecule has 5 heteroatoms. The molecule has 0 bridgehead atoms. The summed E-state index contributed by atoms with van der Waals surface area (Å²) in [5.41, 5.74) is 6.48. The second-order valence-electron chi connectivity index (χ2n) is 4.22. The van der Waals surface area contributed by atoms with Crippen LogP contribution in [0, 0.1) is 0 Å². The summed E-state index contributed by atoms with van der Waals surface area (Å²) in [5.74, 6) is 0.500. The second-order valence-corrected chi connectivity index (χ2v) is 4.63. The Balaban J connectivity index is 2.74. The van der Waals surface area contributed by atoms with Gasteiger partial charge in [0.15, 0.2) is 0 Å². The molecule has 0 unspecified atom stereocenters. The maximum Gasteiger partial charge on any atom is 0.123 e. The van der Waals surface area contributed by atoms with E-state index in [1.807, 2.05) is 0 Å². The van der Waals surface area contributed by atoms with Gasteiger partial charge in [0.05, 0.1) is 17.3 Å². The van der Waals surface area contributed by atoms with E-state index in [0.717, 1.165) is 12.2 Å². The van der Waals surface area contributed by atoms with Crippen LogP contribution in [0.1, 0.15) is 19.5 Å². The maximum absolute atomic E-state index is 6.10. The van der Waals surface area contributed by atoms with Crippen molar-refractivity contribution in [3.63, 3.8) is 0 Å². The van der Waals surface area contributed by atoms with Gasteiger partial charge in [0.25, 0.3) is 0 Å². The lowest BCUT2D eigenvalue weighted by molar-refractivity contribution is 0.124. The number of nitrogens with two attached hydrogens (primary N) is 1. The van der Waals surface area contributed by atoms with Crippen molar-refractivity contribution in [3.8, 4) is 0 Å². The highest BCUT2D eigenvalue weighted by Gasteiger charge is 2.13. The highest BCUT2D eigenvalue weighted by atomic mass is 35.5. The molecule has 0 aromatic carbocycles. The largest absolute Gasteiger partial charge is 0.384 e. The normalized spacial score (nSPS) is 11.4. The Bertz CT molecular complexity index is 358. The zero-order valence-corrected chi connectivity index (χ0v) is 11.4. The van der Waals surface area contributed by atoms with Gasteiger partial charge in [-0.05, 0) is 26.0 Å². The van der Waals surface area contributed by atoms with Crippen molar-refractivity contribution in [1.29, 1.82) is 0 Å². The number of nitrogen functional groups attached to an aromatic ring is 1. The molecule has 0 saturated heterocycles. The van der Waals surface area contributed by atoms with E-state index in [4.69, 9.17) is 22.1 Å². The van der Waals surface area contributed by atoms with Crippen molar-refractivity contribution in [3.05, 3.63) is 22.8 Å². The van der Waals surface area contributed by atoms with Crippen molar-refractivity contribution in [2.75, 3.05) is 26.0 Å². The zero-order valence-electron chi connectivity index (χ0n) is 10.6. The highest BCUT2D eigenvalue weighted by Crippen LogP contribution is 2.18. The fourth-order valence-electron chi connectivity index (χ4n) is 1.53. The molecule has 0 atom stereocenters. The molecule has 0 aliphatic rings. The van der Waals surface area contributed by atoms with Crippen LogP contribution in [0.2, 0.25) is 5.02 Å². The highest BCUT2D eigenvalue weighted by molar-refractivity contribution is 6.31. The van der Waals surface area contributed by atoms with E-state index in [1.54, 1.807) is 19.2 Å². The first-order valence-corrected chi connectivity index (χ1v) is 6.06. The monoisotopic (exact) mass is 257 g/mol. The van der Waals surface area contributed by atoms with E-state index in [1.165, 1.54) is 0 Å². The molecule has 0 spiro atoms. The molecular weight excluding hydrogens is 238 g/mol. The molecular formula is C12H20ClN3O. The number of ether oxygens (including phenoxy) is 1. The molecule has 0 aliphatic heterocycles. The Labute approximate surface area is 108 Å². The molecule has 17 heavy (non-hydrogen) atoms. The lowest BCUT2D eigenvalue weighted by Gasteiger charge is -2.26. The number of halogens is 1. The van der Waals surface area contributed by atoms with Crippen molar-refractivity contribution in [1.82, 2.24) is 9.88 Å². The SMILES string of the molecule is COCCN(Cc1nc(N)ccc1Cl)C(C)C. The number of rotatable bonds is 6. The lowest BCUT2D eigenvalue weighted by atomic mass is 10.2. The number of methoxy groups -OCH3 is 1. The van der Waals surface area contributed by atoms with Gasteiger partial charge in [-0.15, -0.1) is 0 Å². The minimum absolute atomic E-state index is 0.407. The van der Waals surface area contributed by atoms with E-state index >= 15 is 0 Å². The number of anilines is 1. The third kappa shape index (κ3) is 4.50. The van der Waals surface area contributed by atoms with E-state index in [-0.39, 0.29) is 0 Å². The molecule has 1 rings (SSSR count). The maximum atomic E-state index is 6.10. The Kier molecular flexibility index (Phi) is 5.68. The van der Waals surface area contributed by atoms with Gasteiger partial charge in [-0.2, -0.15) is 0 Å². The fourth-order valence-corrected chi connectivity index (χ4v) is 1.70. The Morgan fingerprint density at radius 2 is 2.18 bits per heavy atom. The molecule has 0 radical (unpaired) electrons. The number of hydrogen-bond donors (Lipinski definition) is 1. The van der Waals surface area contributed by atoms with Crippen LogP contribution in [0.4, 0.5) is 5.82 Å². The smallest absolute Gasteiger partial charge is 0.123 e. The van der Waals surface area contributed by atoms with Crippen molar-refractivity contribution in [2.45, 2.75) is 26.4 Å². The molecule has 1 heterocycles. The minimum atomic E-state index is 0.407. The molecule has 0 aliphatic carbocycles. The van der Waals surface area contributed by atoms with Crippen molar-refractivity contribution < 1.29 is 4.74 Å². The van der Waals surface area contributed by atoms with Gasteiger partial charge in [-0.25, -0.2) is 4.98 Å². The molecule has 0 amide bonds. The number of nitrogens with zero attached hydrogens (tertiary/aromatic N) is 2. The summed E-state index contributed by atoms with van der Waals surface area (Å²) < 4.78 is 5.09. The molecule has 1 aromatic heterocycles. The summed E-state index contributed by atoms with van der Waals surface area (Å²) in [6.07, 6.45) is 0. The molecule has 1 aromatic rings. The summed E-state index contributed by atoms with van der Waals surface area (Å²) in [6, 6.07) is 3.90. The van der Waals surface area contributed by atoms with Gasteiger partial charge in [-0.3, -0.25) is 4.90 Å². The van der Waals surface area contributed by atoms with Gasteiger partial charge in [0.2, 0.25) is 0 Å². The first-order chi connectivity index (χ1) is 8.04. The van der Waals surface area contributed by atoms with E-state index < -0.39 is 0 Å². The third-order valence-electron chi connectivity index (χ3n) is 2.61. The Morgan fingerprint density at radius 1 is 1.47 bits per heavy atom. The van der Waals surface area contributed by atoms with Crippen LogP contribution in [0.5, 0.6) is 0 Å². The van der Waals surface area contributed by atoms with E-state index in [2.05, 4.69) is 23.7 Å². The molecule has 4 nitrogen and oxygen atoms in total. The fraction of sp³-hybridized carbons (Fsp3) is 0.583. The Morgan fingerprint density at radius 3 is 2.76 bits per heavy atom. The predicted molar refractivity (Wildman–Crippen MR) is 71.1 cm³/mol. The van der Waals surface area contributed by atoms with Gasteiger partial charge >= 0.3 is 0 Å². The lowest BCUT2D eigenvalue weighted by Crippen LogP contribution is -2.33. The molecule has 96 valence electrons. The first-order valence-electron chi connectivity index (χ1n) is 5.68. The first kappa shape index (κ1) is 14.2. The van der Waals surface area contributed by atoms with Gasteiger partial charge in [0, 0.05) is 26.2 Å². The quantitative estimate of drug-likeness (QED) is 0.849. The Hall–Kier alpha value is -0.840. The number of aromatic nitrogens is 1. The second kappa shape index (κ2) is 6.79. The van der Waals surface area contributed by atoms with Crippen LogP contribution < -0.4 is 5.73 Å². The predicted octanol–water partition coefficient (Wildman–Crippen LogP) is 2.17. The van der Waals surface area contributed by atoms with E-state index in [9.17, 15) is 0 Å². The molecule has 2 N–H and O–H groups in total. The third-order valence-corrected chi connectivity index (χ3v) is 2.95. The average Bonchev–Trinajstić information content (AvgIpc) is 2.28. The zero-order chi connectivity index (χ0) is 12.8. The van der Waals surface area contributed by atoms with Crippen molar-refractivity contribution in [2.24, 2.45) is 0 Å². The summed E-state index contributed by atoms with van der Waals surface area (Å²) >= 11 is 6.10. The van der Waals surface area contributed by atoms with Crippen LogP contribution in [0.3, 0.4) is 0 Å². The van der Waals surface area contributed by atoms with Crippen LogP contribution in [-0.4, -0.2) is 36.2 Å². The van der Waals surface area contributed by atoms with Crippen LogP contribution in [0.25, 0.3) is 0 Å². The average molecular weight is 258 g/mol. The van der Waals surface area contributed by atoms with Gasteiger partial charge in [-0.1, -0.05) is 11.6 Å². The molecule has 0 fully saturated rings. The van der Waals surface area contributed by atoms with Gasteiger partial charge < -0.3 is 10.5 Å². The summed E-state index contributed by atoms with van der Waals surface area (Å²) in [4.78, 5) is 6.51. The molecule has 0 saturated carbocycles. The minimum Gasteiger partial charge on any atom is -0.384 e. The number of hydrogen-bond acceptors (Lipinski definition) is 4. The number of pyridine rings is 1. The van der Waals surface area contributed by atoms with Crippen LogP contribution in [-0.2, 0) is 11.3 Å². The standard InChI is InChI=1S/C12H20ClN3O/c1-9(2)16(6-7-17-3)8-11-10(13)4-5-12(14)15-11/h4-5,9H,6-8H2,1-3H3,(H2,14,15). The van der Waals surface area contributed by atoms with Crippen LogP contribution in [0.15, 0.2) is 12.1 Å². The van der Waals surface area contributed by atoms with E-state index in [0.29, 0.717) is 30.0 Å². The van der Waals surface area contributed by atoms with Gasteiger partial charge in [0.1, 0.15) is 5.82 Å². The van der Waals surface area contributed by atoms with Crippen LogP contribution >= 0.6 is 11.6 Å². The summed E-state index contributed by atoms with van der Waals surface area (Å²) in [5, 5.41) is 0.655.